The zero-order valence-electron chi connectivity index (χ0n) is 12.2. The molecule has 1 aromatic heterocycles. The van der Waals surface area contributed by atoms with Crippen molar-refractivity contribution in [2.45, 2.75) is 26.3 Å². The molecule has 0 spiro atoms. The van der Waals surface area contributed by atoms with Crippen molar-refractivity contribution in [1.82, 2.24) is 4.90 Å². The van der Waals surface area contributed by atoms with E-state index in [1.807, 2.05) is 11.0 Å². The Bertz CT molecular complexity index is 654. The van der Waals surface area contributed by atoms with Crippen LogP contribution in [0.1, 0.15) is 28.5 Å². The molecule has 1 aliphatic heterocycles. The molecule has 1 aliphatic rings. The smallest absolute Gasteiger partial charge is 0.246 e. The van der Waals surface area contributed by atoms with Crippen LogP contribution in [0.15, 0.2) is 41.8 Å². The molecule has 0 aliphatic carbocycles. The maximum atomic E-state index is 12.3. The highest BCUT2D eigenvalue weighted by atomic mass is 32.1. The third-order valence-electron chi connectivity index (χ3n) is 3.93. The molecule has 2 aromatic rings. The van der Waals surface area contributed by atoms with Gasteiger partial charge < -0.3 is 4.90 Å². The number of fused-ring (bicyclic) bond motifs is 1. The first-order valence-electron chi connectivity index (χ1n) is 7.37. The van der Waals surface area contributed by atoms with E-state index in [2.05, 4.69) is 42.6 Å². The van der Waals surface area contributed by atoms with Crippen LogP contribution in [0.2, 0.25) is 0 Å². The van der Waals surface area contributed by atoms with Gasteiger partial charge in [-0.3, -0.25) is 4.79 Å². The maximum absolute atomic E-state index is 12.3. The minimum Gasteiger partial charge on any atom is -0.334 e. The van der Waals surface area contributed by atoms with Crippen LogP contribution in [0.25, 0.3) is 6.08 Å². The van der Waals surface area contributed by atoms with Crippen LogP contribution in [0, 0.1) is 0 Å². The van der Waals surface area contributed by atoms with E-state index >= 15 is 0 Å². The van der Waals surface area contributed by atoms with Gasteiger partial charge in [0.05, 0.1) is 0 Å². The van der Waals surface area contributed by atoms with Gasteiger partial charge >= 0.3 is 0 Å². The number of aryl methyl sites for hydroxylation is 1. The predicted molar refractivity (Wildman–Crippen MR) is 88.3 cm³/mol. The summed E-state index contributed by atoms with van der Waals surface area (Å²) in [6.45, 7) is 3.71. The molecule has 108 valence electrons. The summed E-state index contributed by atoms with van der Waals surface area (Å²) in [6, 6.07) is 10.5. The summed E-state index contributed by atoms with van der Waals surface area (Å²) in [7, 11) is 0. The van der Waals surface area contributed by atoms with Crippen LogP contribution in [-0.2, 0) is 24.2 Å². The van der Waals surface area contributed by atoms with Crippen molar-refractivity contribution in [3.05, 3.63) is 63.4 Å². The molecule has 21 heavy (non-hydrogen) atoms. The Morgan fingerprint density at radius 2 is 2.10 bits per heavy atom. The molecule has 0 bridgehead atoms. The van der Waals surface area contributed by atoms with E-state index in [0.717, 1.165) is 31.5 Å². The number of carbonyl (C=O) groups is 1. The number of amides is 1. The van der Waals surface area contributed by atoms with Gasteiger partial charge in [0.15, 0.2) is 0 Å². The fourth-order valence-electron chi connectivity index (χ4n) is 2.57. The number of benzene rings is 1. The fraction of sp³-hybridized carbons (Fsp3) is 0.278. The van der Waals surface area contributed by atoms with Gasteiger partial charge in [-0.1, -0.05) is 31.2 Å². The summed E-state index contributed by atoms with van der Waals surface area (Å²) >= 11 is 1.80. The molecule has 0 saturated carbocycles. The molecule has 3 heteroatoms. The molecular formula is C18H19NOS. The van der Waals surface area contributed by atoms with Crippen molar-refractivity contribution in [3.8, 4) is 0 Å². The highest BCUT2D eigenvalue weighted by molar-refractivity contribution is 7.10. The SMILES string of the molecule is CCc1ccc(C=CC(=O)N2CCc3sccc3C2)cc1. The predicted octanol–water partition coefficient (Wildman–Crippen LogP) is 3.91. The lowest BCUT2D eigenvalue weighted by Gasteiger charge is -2.25. The Kier molecular flexibility index (Phi) is 4.20. The van der Waals surface area contributed by atoms with Gasteiger partial charge in [-0.05, 0) is 47.1 Å². The lowest BCUT2D eigenvalue weighted by molar-refractivity contribution is -0.126. The topological polar surface area (TPSA) is 20.3 Å². The zero-order chi connectivity index (χ0) is 14.7. The summed E-state index contributed by atoms with van der Waals surface area (Å²) < 4.78 is 0. The van der Waals surface area contributed by atoms with Crippen LogP contribution in [0.5, 0.6) is 0 Å². The second-order valence-electron chi connectivity index (χ2n) is 5.31. The molecule has 2 nitrogen and oxygen atoms in total. The summed E-state index contributed by atoms with van der Waals surface area (Å²) in [5.74, 6) is 0.103. The normalized spacial score (nSPS) is 14.4. The van der Waals surface area contributed by atoms with Gasteiger partial charge in [0.25, 0.3) is 0 Å². The van der Waals surface area contributed by atoms with Crippen molar-refractivity contribution in [3.63, 3.8) is 0 Å². The van der Waals surface area contributed by atoms with Gasteiger partial charge in [0.2, 0.25) is 5.91 Å². The van der Waals surface area contributed by atoms with Crippen LogP contribution in [0.3, 0.4) is 0 Å². The molecule has 0 radical (unpaired) electrons. The van der Waals surface area contributed by atoms with Crippen molar-refractivity contribution in [2.75, 3.05) is 6.54 Å². The standard InChI is InChI=1S/C18H19NOS/c1-2-14-3-5-15(6-4-14)7-8-18(20)19-11-9-17-16(13-19)10-12-21-17/h3-8,10,12H,2,9,11,13H2,1H3. The third-order valence-corrected chi connectivity index (χ3v) is 4.95. The Hall–Kier alpha value is -1.87. The number of hydrogen-bond donors (Lipinski definition) is 0. The highest BCUT2D eigenvalue weighted by Gasteiger charge is 2.19. The first-order valence-corrected chi connectivity index (χ1v) is 8.25. The first kappa shape index (κ1) is 14.1. The van der Waals surface area contributed by atoms with Crippen LogP contribution < -0.4 is 0 Å². The van der Waals surface area contributed by atoms with E-state index in [0.29, 0.717) is 0 Å². The molecule has 3 rings (SSSR count). The van der Waals surface area contributed by atoms with E-state index < -0.39 is 0 Å². The Morgan fingerprint density at radius 3 is 2.86 bits per heavy atom. The molecule has 0 N–H and O–H groups in total. The quantitative estimate of drug-likeness (QED) is 0.787. The Morgan fingerprint density at radius 1 is 1.29 bits per heavy atom. The van der Waals surface area contributed by atoms with Crippen LogP contribution in [-0.4, -0.2) is 17.4 Å². The van der Waals surface area contributed by atoms with Crippen LogP contribution >= 0.6 is 11.3 Å². The Labute approximate surface area is 129 Å². The lowest BCUT2D eigenvalue weighted by Crippen LogP contribution is -2.34. The van der Waals surface area contributed by atoms with Crippen molar-refractivity contribution in [2.24, 2.45) is 0 Å². The van der Waals surface area contributed by atoms with E-state index in [4.69, 9.17) is 0 Å². The molecule has 0 unspecified atom stereocenters. The van der Waals surface area contributed by atoms with Gasteiger partial charge in [-0.2, -0.15) is 0 Å². The zero-order valence-corrected chi connectivity index (χ0v) is 13.0. The van der Waals surface area contributed by atoms with Gasteiger partial charge in [-0.25, -0.2) is 0 Å². The minimum absolute atomic E-state index is 0.103. The van der Waals surface area contributed by atoms with E-state index in [-0.39, 0.29) is 5.91 Å². The second kappa shape index (κ2) is 6.27. The largest absolute Gasteiger partial charge is 0.334 e. The van der Waals surface area contributed by atoms with E-state index in [9.17, 15) is 4.79 Å². The first-order chi connectivity index (χ1) is 10.3. The van der Waals surface area contributed by atoms with Crippen LogP contribution in [0.4, 0.5) is 0 Å². The van der Waals surface area contributed by atoms with Gasteiger partial charge in [-0.15, -0.1) is 11.3 Å². The molecule has 1 amide bonds. The molecule has 0 saturated heterocycles. The average Bonchev–Trinajstić information content (AvgIpc) is 3.00. The lowest BCUT2D eigenvalue weighted by atomic mass is 10.1. The number of nitrogens with zero attached hydrogens (tertiary/aromatic N) is 1. The van der Waals surface area contributed by atoms with Crippen molar-refractivity contribution in [1.29, 1.82) is 0 Å². The summed E-state index contributed by atoms with van der Waals surface area (Å²) in [5, 5.41) is 2.11. The van der Waals surface area contributed by atoms with E-state index in [1.165, 1.54) is 16.0 Å². The third kappa shape index (κ3) is 3.24. The molecule has 0 fully saturated rings. The molecular weight excluding hydrogens is 278 g/mol. The Balaban J connectivity index is 1.64. The number of rotatable bonds is 3. The number of hydrogen-bond acceptors (Lipinski definition) is 2. The van der Waals surface area contributed by atoms with Crippen molar-refractivity contribution < 1.29 is 4.79 Å². The second-order valence-corrected chi connectivity index (χ2v) is 6.31. The summed E-state index contributed by atoms with van der Waals surface area (Å²) in [6.07, 6.45) is 5.63. The minimum atomic E-state index is 0.103. The average molecular weight is 297 g/mol. The van der Waals surface area contributed by atoms with Gasteiger partial charge in [0, 0.05) is 24.0 Å². The summed E-state index contributed by atoms with van der Waals surface area (Å²) in [4.78, 5) is 15.6. The molecule has 0 atom stereocenters. The van der Waals surface area contributed by atoms with Gasteiger partial charge in [0.1, 0.15) is 0 Å². The fourth-order valence-corrected chi connectivity index (χ4v) is 3.46. The van der Waals surface area contributed by atoms with E-state index in [1.54, 1.807) is 17.4 Å². The highest BCUT2D eigenvalue weighted by Crippen LogP contribution is 2.24. The number of carbonyl (C=O) groups excluding carboxylic acids is 1. The maximum Gasteiger partial charge on any atom is 0.246 e. The number of thiophene rings is 1. The molecule has 1 aromatic carbocycles. The summed E-state index contributed by atoms with van der Waals surface area (Å²) in [5.41, 5.74) is 3.70. The van der Waals surface area contributed by atoms with Crippen molar-refractivity contribution >= 4 is 23.3 Å². The molecule has 2 heterocycles. The monoisotopic (exact) mass is 297 g/mol.